The molecule has 108 valence electrons. The Morgan fingerprint density at radius 1 is 1.45 bits per heavy atom. The Kier molecular flexibility index (Phi) is 5.31. The van der Waals surface area contributed by atoms with Gasteiger partial charge in [0, 0.05) is 29.9 Å². The van der Waals surface area contributed by atoms with Crippen LogP contribution in [0.5, 0.6) is 0 Å². The van der Waals surface area contributed by atoms with E-state index in [1.807, 2.05) is 31.2 Å². The number of Topliss-reactive ketones (excluding diaryl/α,β-unsaturated/α-hetero) is 1. The van der Waals surface area contributed by atoms with Gasteiger partial charge < -0.3 is 5.32 Å². The Labute approximate surface area is 127 Å². The van der Waals surface area contributed by atoms with Crippen molar-refractivity contribution in [3.8, 4) is 0 Å². The lowest BCUT2D eigenvalue weighted by Crippen LogP contribution is -2.44. The normalized spacial score (nSPS) is 19.9. The van der Waals surface area contributed by atoms with E-state index in [1.165, 1.54) is 0 Å². The number of carbonyl (C=O) groups is 2. The maximum Gasteiger partial charge on any atom is 0.238 e. The van der Waals surface area contributed by atoms with Gasteiger partial charge in [0.15, 0.2) is 0 Å². The summed E-state index contributed by atoms with van der Waals surface area (Å²) in [5.41, 5.74) is 0.776. The van der Waals surface area contributed by atoms with Crippen molar-refractivity contribution in [1.82, 2.24) is 4.90 Å². The second-order valence-electron chi connectivity index (χ2n) is 5.08. The fourth-order valence-electron chi connectivity index (χ4n) is 2.43. The van der Waals surface area contributed by atoms with Crippen LogP contribution in [0, 0.1) is 5.92 Å². The number of nitrogens with zero attached hydrogens (tertiary/aromatic N) is 1. The largest absolute Gasteiger partial charge is 0.324 e. The Balaban J connectivity index is 1.89. The number of hydrogen-bond acceptors (Lipinski definition) is 3. The van der Waals surface area contributed by atoms with Crippen molar-refractivity contribution in [1.29, 1.82) is 0 Å². The van der Waals surface area contributed by atoms with Crippen LogP contribution in [-0.2, 0) is 9.59 Å². The SMILES string of the molecule is CCC1CN(CC(=O)Nc2ccccc2Br)CCC1=O. The minimum Gasteiger partial charge on any atom is -0.324 e. The molecule has 5 heteroatoms. The average molecular weight is 339 g/mol. The average Bonchev–Trinajstić information content (AvgIpc) is 2.43. The number of hydrogen-bond donors (Lipinski definition) is 1. The number of nitrogens with one attached hydrogen (secondary N) is 1. The van der Waals surface area contributed by atoms with Crippen molar-refractivity contribution in [2.45, 2.75) is 19.8 Å². The summed E-state index contributed by atoms with van der Waals surface area (Å²) in [4.78, 5) is 25.8. The van der Waals surface area contributed by atoms with Gasteiger partial charge in [-0.3, -0.25) is 14.5 Å². The molecule has 0 aliphatic carbocycles. The maximum absolute atomic E-state index is 12.1. The van der Waals surface area contributed by atoms with Gasteiger partial charge in [0.1, 0.15) is 5.78 Å². The summed E-state index contributed by atoms with van der Waals surface area (Å²) >= 11 is 3.41. The molecule has 1 aromatic rings. The molecule has 1 aliphatic heterocycles. The molecule has 1 fully saturated rings. The predicted octanol–water partition coefficient (Wildman–Crippen LogP) is 2.69. The number of amides is 1. The maximum atomic E-state index is 12.1. The lowest BCUT2D eigenvalue weighted by molar-refractivity contribution is -0.128. The highest BCUT2D eigenvalue weighted by Gasteiger charge is 2.26. The molecule has 1 saturated heterocycles. The molecule has 0 bridgehead atoms. The molecule has 1 unspecified atom stereocenters. The van der Waals surface area contributed by atoms with Gasteiger partial charge in [0.05, 0.1) is 12.2 Å². The van der Waals surface area contributed by atoms with Crippen LogP contribution in [0.4, 0.5) is 5.69 Å². The van der Waals surface area contributed by atoms with E-state index in [1.54, 1.807) is 0 Å². The first-order chi connectivity index (χ1) is 9.60. The quantitative estimate of drug-likeness (QED) is 0.918. The minimum absolute atomic E-state index is 0.0406. The van der Waals surface area contributed by atoms with E-state index in [9.17, 15) is 9.59 Å². The number of rotatable bonds is 4. The van der Waals surface area contributed by atoms with Gasteiger partial charge in [-0.15, -0.1) is 0 Å². The van der Waals surface area contributed by atoms with E-state index in [2.05, 4.69) is 26.1 Å². The smallest absolute Gasteiger partial charge is 0.238 e. The Hall–Kier alpha value is -1.20. The minimum atomic E-state index is -0.0406. The van der Waals surface area contributed by atoms with Gasteiger partial charge in [0.2, 0.25) is 5.91 Å². The summed E-state index contributed by atoms with van der Waals surface area (Å²) in [6, 6.07) is 7.54. The van der Waals surface area contributed by atoms with E-state index in [4.69, 9.17) is 0 Å². The third-order valence-electron chi connectivity index (χ3n) is 3.62. The van der Waals surface area contributed by atoms with Gasteiger partial charge in [0.25, 0.3) is 0 Å². The van der Waals surface area contributed by atoms with Gasteiger partial charge in [-0.25, -0.2) is 0 Å². The highest BCUT2D eigenvalue weighted by molar-refractivity contribution is 9.10. The monoisotopic (exact) mass is 338 g/mol. The summed E-state index contributed by atoms with van der Waals surface area (Å²) < 4.78 is 0.869. The molecule has 0 spiro atoms. The Morgan fingerprint density at radius 2 is 2.20 bits per heavy atom. The summed E-state index contributed by atoms with van der Waals surface area (Å²) in [5, 5.41) is 2.89. The van der Waals surface area contributed by atoms with Crippen molar-refractivity contribution in [3.05, 3.63) is 28.7 Å². The highest BCUT2D eigenvalue weighted by atomic mass is 79.9. The van der Waals surface area contributed by atoms with Crippen molar-refractivity contribution < 1.29 is 9.59 Å². The molecule has 2 rings (SSSR count). The van der Waals surface area contributed by atoms with E-state index in [0.29, 0.717) is 31.8 Å². The van der Waals surface area contributed by atoms with Gasteiger partial charge in [-0.1, -0.05) is 19.1 Å². The summed E-state index contributed by atoms with van der Waals surface area (Å²) in [6.07, 6.45) is 1.40. The molecular formula is C15H19BrN2O2. The van der Waals surface area contributed by atoms with Crippen LogP contribution in [-0.4, -0.2) is 36.2 Å². The summed E-state index contributed by atoms with van der Waals surface area (Å²) in [6.45, 7) is 3.73. The van der Waals surface area contributed by atoms with E-state index in [-0.39, 0.29) is 11.8 Å². The molecule has 20 heavy (non-hydrogen) atoms. The number of benzene rings is 1. The van der Waals surface area contributed by atoms with Crippen LogP contribution in [0.1, 0.15) is 19.8 Å². The van der Waals surface area contributed by atoms with Crippen molar-refractivity contribution in [3.63, 3.8) is 0 Å². The highest BCUT2D eigenvalue weighted by Crippen LogP contribution is 2.21. The van der Waals surface area contributed by atoms with Crippen LogP contribution in [0.3, 0.4) is 0 Å². The second-order valence-corrected chi connectivity index (χ2v) is 5.94. The molecule has 1 aliphatic rings. The third-order valence-corrected chi connectivity index (χ3v) is 4.31. The standard InChI is InChI=1S/C15H19BrN2O2/c1-2-11-9-18(8-7-14(11)19)10-15(20)17-13-6-4-3-5-12(13)16/h3-6,11H,2,7-10H2,1H3,(H,17,20). The molecule has 1 aromatic carbocycles. The molecular weight excluding hydrogens is 320 g/mol. The number of carbonyl (C=O) groups excluding carboxylic acids is 2. The predicted molar refractivity (Wildman–Crippen MR) is 82.6 cm³/mol. The molecule has 4 nitrogen and oxygen atoms in total. The number of anilines is 1. The van der Waals surface area contributed by atoms with E-state index in [0.717, 1.165) is 16.6 Å². The van der Waals surface area contributed by atoms with Crippen molar-refractivity contribution >= 4 is 33.3 Å². The zero-order valence-corrected chi connectivity index (χ0v) is 13.1. The molecule has 0 radical (unpaired) electrons. The molecule has 1 N–H and O–H groups in total. The number of para-hydroxylation sites is 1. The second kappa shape index (κ2) is 6.99. The molecule has 1 atom stereocenters. The molecule has 0 aromatic heterocycles. The van der Waals surface area contributed by atoms with E-state index < -0.39 is 0 Å². The van der Waals surface area contributed by atoms with Crippen LogP contribution >= 0.6 is 15.9 Å². The zero-order chi connectivity index (χ0) is 14.5. The first-order valence-electron chi connectivity index (χ1n) is 6.89. The number of likely N-dealkylation sites (tertiary alicyclic amines) is 1. The summed E-state index contributed by atoms with van der Waals surface area (Å²) in [7, 11) is 0. The first kappa shape index (κ1) is 15.2. The fraction of sp³-hybridized carbons (Fsp3) is 0.467. The lowest BCUT2D eigenvalue weighted by Gasteiger charge is -2.30. The molecule has 1 amide bonds. The molecule has 0 saturated carbocycles. The zero-order valence-electron chi connectivity index (χ0n) is 11.6. The van der Waals surface area contributed by atoms with Crippen LogP contribution in [0.15, 0.2) is 28.7 Å². The van der Waals surface area contributed by atoms with Gasteiger partial charge in [-0.05, 0) is 34.5 Å². The Morgan fingerprint density at radius 3 is 2.90 bits per heavy atom. The fourth-order valence-corrected chi connectivity index (χ4v) is 2.82. The first-order valence-corrected chi connectivity index (χ1v) is 7.69. The molecule has 1 heterocycles. The lowest BCUT2D eigenvalue weighted by atomic mass is 9.94. The van der Waals surface area contributed by atoms with Crippen molar-refractivity contribution in [2.24, 2.45) is 5.92 Å². The van der Waals surface area contributed by atoms with Gasteiger partial charge >= 0.3 is 0 Å². The van der Waals surface area contributed by atoms with Crippen LogP contribution in [0.25, 0.3) is 0 Å². The summed E-state index contributed by atoms with van der Waals surface area (Å²) in [5.74, 6) is 0.371. The van der Waals surface area contributed by atoms with E-state index >= 15 is 0 Å². The van der Waals surface area contributed by atoms with Crippen LogP contribution in [0.2, 0.25) is 0 Å². The number of piperidine rings is 1. The van der Waals surface area contributed by atoms with Crippen LogP contribution < -0.4 is 5.32 Å². The number of halogens is 1. The van der Waals surface area contributed by atoms with Crippen molar-refractivity contribution in [2.75, 3.05) is 25.0 Å². The topological polar surface area (TPSA) is 49.4 Å². The number of ketones is 1. The Bertz CT molecular complexity index is 504. The third kappa shape index (κ3) is 3.90. The van der Waals surface area contributed by atoms with Gasteiger partial charge in [-0.2, -0.15) is 0 Å².